The van der Waals surface area contributed by atoms with E-state index in [-0.39, 0.29) is 26.2 Å². The van der Waals surface area contributed by atoms with Gasteiger partial charge in [0.25, 0.3) is 0 Å². The molecule has 2 aliphatic carbocycles. The molecule has 0 unspecified atom stereocenters. The normalized spacial score (nSPS) is 14.1. The van der Waals surface area contributed by atoms with Crippen molar-refractivity contribution >= 4 is 0 Å². The Bertz CT molecular complexity index is 322. The van der Waals surface area contributed by atoms with Crippen molar-refractivity contribution in [3.05, 3.63) is 47.6 Å². The third-order valence-corrected chi connectivity index (χ3v) is 3.63. The van der Waals surface area contributed by atoms with E-state index in [0.29, 0.717) is 0 Å². The van der Waals surface area contributed by atoms with Gasteiger partial charge in [0.2, 0.25) is 0 Å². The first-order valence-electron chi connectivity index (χ1n) is 9.30. The van der Waals surface area contributed by atoms with Gasteiger partial charge in [-0.15, -0.1) is 12.8 Å². The molecule has 0 radical (unpaired) electrons. The minimum atomic E-state index is 0. The van der Waals surface area contributed by atoms with Crippen molar-refractivity contribution in [2.75, 3.05) is 0 Å². The fourth-order valence-electron chi connectivity index (χ4n) is 1.98. The Hall–Kier alpha value is -0.157. The van der Waals surface area contributed by atoms with Crippen LogP contribution in [0.25, 0.3) is 0 Å². The van der Waals surface area contributed by atoms with Crippen LogP contribution in [-0.4, -0.2) is 0 Å². The third kappa shape index (κ3) is 16.5. The quantitative estimate of drug-likeness (QED) is 0.393. The van der Waals surface area contributed by atoms with Gasteiger partial charge in [0.05, 0.1) is 0 Å². The molecule has 0 saturated heterocycles. The molecule has 0 aromatic rings. The maximum absolute atomic E-state index is 3.30. The molecule has 0 fully saturated rings. The zero-order valence-electron chi connectivity index (χ0n) is 15.9. The first kappa shape index (κ1) is 25.1. The zero-order valence-corrected chi connectivity index (χ0v) is 18.3. The summed E-state index contributed by atoms with van der Waals surface area (Å²) in [5.74, 6) is 0. The van der Waals surface area contributed by atoms with E-state index in [1.54, 1.807) is 0 Å². The van der Waals surface area contributed by atoms with Crippen LogP contribution in [0, 0.1) is 12.2 Å². The molecule has 0 amide bonds. The van der Waals surface area contributed by atoms with Crippen molar-refractivity contribution in [2.45, 2.75) is 91.9 Å². The molecule has 0 aromatic carbocycles. The van der Waals surface area contributed by atoms with Crippen LogP contribution in [0.2, 0.25) is 0 Å². The molecule has 2 aliphatic rings. The summed E-state index contributed by atoms with van der Waals surface area (Å²) in [5.41, 5.74) is 2.83. The van der Waals surface area contributed by atoms with Crippen LogP contribution in [0.1, 0.15) is 91.9 Å². The fraction of sp³-hybridized carbons (Fsp3) is 0.636. The summed E-state index contributed by atoms with van der Waals surface area (Å²) >= 11 is 0. The Morgan fingerprint density at radius 1 is 0.696 bits per heavy atom. The molecule has 2 rings (SSSR count). The van der Waals surface area contributed by atoms with E-state index in [9.17, 15) is 0 Å². The van der Waals surface area contributed by atoms with Crippen LogP contribution in [0.5, 0.6) is 0 Å². The molecule has 0 atom stereocenters. The van der Waals surface area contributed by atoms with Crippen molar-refractivity contribution in [1.82, 2.24) is 0 Å². The minimum absolute atomic E-state index is 0. The molecule has 0 spiro atoms. The molecule has 0 nitrogen and oxygen atoms in total. The smallest absolute Gasteiger partial charge is 0.269 e. The largest absolute Gasteiger partial charge is 2.00 e. The maximum atomic E-state index is 3.30. The summed E-state index contributed by atoms with van der Waals surface area (Å²) in [7, 11) is 0. The molecule has 23 heavy (non-hydrogen) atoms. The molecular formula is C22H36Zr. The molecule has 0 aliphatic heterocycles. The SMILES string of the molecule is CCCC.CCCCC1=[C-]CC=C1.CCCCC1=[C-]CC=C1.[Zr+2]. The van der Waals surface area contributed by atoms with Crippen LogP contribution in [-0.2, 0) is 26.2 Å². The van der Waals surface area contributed by atoms with Gasteiger partial charge in [0, 0.05) is 0 Å². The zero-order chi connectivity index (χ0) is 16.5. The molecule has 0 N–H and O–H groups in total. The topological polar surface area (TPSA) is 0 Å². The summed E-state index contributed by atoms with van der Waals surface area (Å²) in [6.07, 6.45) is 27.7. The first-order valence-corrected chi connectivity index (χ1v) is 9.30. The van der Waals surface area contributed by atoms with Gasteiger partial charge in [-0.2, -0.15) is 12.2 Å². The van der Waals surface area contributed by atoms with E-state index >= 15 is 0 Å². The van der Waals surface area contributed by atoms with Gasteiger partial charge in [-0.05, 0) is 0 Å². The van der Waals surface area contributed by atoms with Crippen LogP contribution in [0.3, 0.4) is 0 Å². The van der Waals surface area contributed by atoms with Gasteiger partial charge in [0.1, 0.15) is 0 Å². The summed E-state index contributed by atoms with van der Waals surface area (Å²) in [4.78, 5) is 0. The second kappa shape index (κ2) is 19.9. The van der Waals surface area contributed by atoms with Crippen molar-refractivity contribution in [3.8, 4) is 0 Å². The van der Waals surface area contributed by atoms with E-state index in [2.05, 4.69) is 64.2 Å². The van der Waals surface area contributed by atoms with Gasteiger partial charge in [-0.1, -0.05) is 79.1 Å². The van der Waals surface area contributed by atoms with Crippen molar-refractivity contribution in [2.24, 2.45) is 0 Å². The molecule has 0 aromatic heterocycles. The summed E-state index contributed by atoms with van der Waals surface area (Å²) in [6, 6.07) is 0. The van der Waals surface area contributed by atoms with Gasteiger partial charge in [-0.3, -0.25) is 12.2 Å². The van der Waals surface area contributed by atoms with Crippen LogP contribution in [0.15, 0.2) is 35.5 Å². The van der Waals surface area contributed by atoms with Crippen LogP contribution < -0.4 is 0 Å². The van der Waals surface area contributed by atoms with E-state index < -0.39 is 0 Å². The number of hydrogen-bond donors (Lipinski definition) is 0. The summed E-state index contributed by atoms with van der Waals surface area (Å²) in [5, 5.41) is 0. The monoisotopic (exact) mass is 390 g/mol. The minimum Gasteiger partial charge on any atom is -0.269 e. The van der Waals surface area contributed by atoms with Crippen LogP contribution in [0.4, 0.5) is 0 Å². The number of unbranched alkanes of at least 4 members (excludes halogenated alkanes) is 3. The van der Waals surface area contributed by atoms with E-state index in [0.717, 1.165) is 12.8 Å². The van der Waals surface area contributed by atoms with E-state index in [1.165, 1.54) is 62.5 Å². The molecule has 128 valence electrons. The van der Waals surface area contributed by atoms with Crippen molar-refractivity contribution in [1.29, 1.82) is 0 Å². The number of hydrogen-bond acceptors (Lipinski definition) is 0. The van der Waals surface area contributed by atoms with E-state index in [4.69, 9.17) is 0 Å². The van der Waals surface area contributed by atoms with E-state index in [1.807, 2.05) is 0 Å². The maximum Gasteiger partial charge on any atom is 2.00 e. The Labute approximate surface area is 165 Å². The predicted molar refractivity (Wildman–Crippen MR) is 101 cm³/mol. The first-order chi connectivity index (χ1) is 10.8. The summed E-state index contributed by atoms with van der Waals surface area (Å²) in [6.45, 7) is 8.80. The molecule has 0 bridgehead atoms. The molecule has 0 saturated carbocycles. The Morgan fingerprint density at radius 2 is 1.09 bits per heavy atom. The summed E-state index contributed by atoms with van der Waals surface area (Å²) < 4.78 is 0. The van der Waals surface area contributed by atoms with Crippen LogP contribution >= 0.6 is 0 Å². The van der Waals surface area contributed by atoms with Gasteiger partial charge < -0.3 is 0 Å². The predicted octanol–water partition coefficient (Wildman–Crippen LogP) is 7.54. The third-order valence-electron chi connectivity index (χ3n) is 3.63. The van der Waals surface area contributed by atoms with Gasteiger partial charge >= 0.3 is 26.2 Å². The number of rotatable bonds is 7. The van der Waals surface area contributed by atoms with Crippen molar-refractivity contribution in [3.63, 3.8) is 0 Å². The Kier molecular flexibility index (Phi) is 21.7. The average Bonchev–Trinajstić information content (AvgIpc) is 3.25. The van der Waals surface area contributed by atoms with Gasteiger partial charge in [0.15, 0.2) is 0 Å². The number of allylic oxidation sites excluding steroid dienone is 8. The Balaban J connectivity index is 0. The molecule has 0 heterocycles. The average molecular weight is 392 g/mol. The Morgan fingerprint density at radius 3 is 1.30 bits per heavy atom. The van der Waals surface area contributed by atoms with Gasteiger partial charge in [-0.25, -0.2) is 23.3 Å². The second-order valence-corrected chi connectivity index (χ2v) is 5.82. The fourth-order valence-corrected chi connectivity index (χ4v) is 1.98. The standard InChI is InChI=1S/2C9H13.C4H10.Zr/c2*1-2-3-6-9-7-4-5-8-9;1-3-4-2;/h2*4,7H,2-3,5-6H2,1H3;3-4H2,1-2H3;/q2*-1;;+2. The second-order valence-electron chi connectivity index (χ2n) is 5.82. The molecular weight excluding hydrogens is 355 g/mol. The van der Waals surface area contributed by atoms with Crippen molar-refractivity contribution < 1.29 is 26.2 Å². The molecule has 1 heteroatoms.